The van der Waals surface area contributed by atoms with Gasteiger partial charge in [-0.2, -0.15) is 0 Å². The Kier molecular flexibility index (Phi) is 7.12. The van der Waals surface area contributed by atoms with Crippen molar-refractivity contribution in [3.05, 3.63) is 35.9 Å². The fourth-order valence-electron chi connectivity index (χ4n) is 3.59. The van der Waals surface area contributed by atoms with E-state index in [1.54, 1.807) is 30.3 Å². The first-order valence-electron chi connectivity index (χ1n) is 9.85. The van der Waals surface area contributed by atoms with E-state index >= 15 is 0 Å². The van der Waals surface area contributed by atoms with Crippen LogP contribution in [0.25, 0.3) is 0 Å². The molecule has 164 valence electrons. The van der Waals surface area contributed by atoms with Gasteiger partial charge in [0.25, 0.3) is 0 Å². The molecule has 0 spiro atoms. The molecule has 1 aromatic rings. The first-order valence-corrected chi connectivity index (χ1v) is 9.85. The minimum absolute atomic E-state index is 0.135. The number of amides is 1. The summed E-state index contributed by atoms with van der Waals surface area (Å²) in [5.74, 6) is -0.503. The zero-order chi connectivity index (χ0) is 22.6. The van der Waals surface area contributed by atoms with E-state index in [1.807, 2.05) is 33.8 Å². The number of piperazine rings is 1. The van der Waals surface area contributed by atoms with Gasteiger partial charge in [-0.25, -0.2) is 9.59 Å². The molecule has 2 rings (SSSR count). The van der Waals surface area contributed by atoms with Crippen molar-refractivity contribution in [3.8, 4) is 0 Å². The normalized spacial score (nSPS) is 19.7. The largest absolute Gasteiger partial charge is 0.465 e. The molecule has 1 aromatic carbocycles. The van der Waals surface area contributed by atoms with Gasteiger partial charge in [0.1, 0.15) is 5.60 Å². The summed E-state index contributed by atoms with van der Waals surface area (Å²) in [5, 5.41) is 0. The molecule has 8 nitrogen and oxygen atoms in total. The van der Waals surface area contributed by atoms with E-state index in [-0.39, 0.29) is 23.7 Å². The molecule has 1 amide bonds. The molecule has 1 aliphatic heterocycles. The van der Waals surface area contributed by atoms with Gasteiger partial charge in [-0.1, -0.05) is 6.08 Å². The maximum absolute atomic E-state index is 12.8. The van der Waals surface area contributed by atoms with Crippen LogP contribution >= 0.6 is 0 Å². The SMILES string of the molecule is C=C[C@H]1CN(c2ccc(C(=O)OC)c(N)c2C=NC)C[C@H](C)N1C(=O)OC(C)(C)C. The van der Waals surface area contributed by atoms with Gasteiger partial charge in [-0.15, -0.1) is 6.58 Å². The van der Waals surface area contributed by atoms with Gasteiger partial charge in [-0.05, 0) is 39.8 Å². The molecule has 0 aliphatic carbocycles. The van der Waals surface area contributed by atoms with Crippen LogP contribution in [0.4, 0.5) is 16.2 Å². The predicted octanol–water partition coefficient (Wildman–Crippen LogP) is 3.10. The van der Waals surface area contributed by atoms with E-state index in [1.165, 1.54) is 7.11 Å². The van der Waals surface area contributed by atoms with Gasteiger partial charge >= 0.3 is 12.1 Å². The van der Waals surface area contributed by atoms with Crippen LogP contribution < -0.4 is 10.6 Å². The second-order valence-electron chi connectivity index (χ2n) is 8.28. The van der Waals surface area contributed by atoms with E-state index in [4.69, 9.17) is 15.2 Å². The van der Waals surface area contributed by atoms with Gasteiger partial charge in [0, 0.05) is 37.6 Å². The number of ether oxygens (including phenoxy) is 2. The van der Waals surface area contributed by atoms with Gasteiger partial charge in [0.2, 0.25) is 0 Å². The molecule has 8 heteroatoms. The Morgan fingerprint density at radius 2 is 1.97 bits per heavy atom. The number of rotatable bonds is 4. The van der Waals surface area contributed by atoms with E-state index in [9.17, 15) is 9.59 Å². The van der Waals surface area contributed by atoms with Crippen LogP contribution in [0.1, 0.15) is 43.6 Å². The highest BCUT2D eigenvalue weighted by atomic mass is 16.6. The average molecular weight is 417 g/mol. The maximum Gasteiger partial charge on any atom is 0.411 e. The monoisotopic (exact) mass is 416 g/mol. The van der Waals surface area contributed by atoms with Gasteiger partial charge in [0.05, 0.1) is 30.4 Å². The Morgan fingerprint density at radius 3 is 2.50 bits per heavy atom. The smallest absolute Gasteiger partial charge is 0.411 e. The molecule has 0 bridgehead atoms. The number of hydrogen-bond donors (Lipinski definition) is 1. The summed E-state index contributed by atoms with van der Waals surface area (Å²) >= 11 is 0. The van der Waals surface area contributed by atoms with Crippen molar-refractivity contribution in [2.45, 2.75) is 45.4 Å². The number of nitrogens with zero attached hydrogens (tertiary/aromatic N) is 3. The third-order valence-electron chi connectivity index (χ3n) is 4.87. The summed E-state index contributed by atoms with van der Waals surface area (Å²) in [4.78, 5) is 32.7. The van der Waals surface area contributed by atoms with E-state index in [0.717, 1.165) is 5.69 Å². The molecule has 0 saturated carbocycles. The number of aliphatic imine (C=N–C) groups is 1. The molecular weight excluding hydrogens is 384 g/mol. The fraction of sp³-hybridized carbons (Fsp3) is 0.500. The molecule has 1 aliphatic rings. The number of esters is 1. The van der Waals surface area contributed by atoms with Crippen LogP contribution in [-0.2, 0) is 9.47 Å². The number of methoxy groups -OCH3 is 1. The summed E-state index contributed by atoms with van der Waals surface area (Å²) in [6.07, 6.45) is 3.01. The fourth-order valence-corrected chi connectivity index (χ4v) is 3.59. The number of nitrogens with two attached hydrogens (primary N) is 1. The summed E-state index contributed by atoms with van der Waals surface area (Å²) in [6.45, 7) is 12.5. The van der Waals surface area contributed by atoms with Crippen LogP contribution in [0, 0.1) is 0 Å². The minimum Gasteiger partial charge on any atom is -0.465 e. The molecular formula is C22H32N4O4. The lowest BCUT2D eigenvalue weighted by molar-refractivity contribution is 0.00873. The average Bonchev–Trinajstić information content (AvgIpc) is 2.66. The Morgan fingerprint density at radius 1 is 1.30 bits per heavy atom. The molecule has 0 unspecified atom stereocenters. The van der Waals surface area contributed by atoms with E-state index in [0.29, 0.717) is 24.3 Å². The van der Waals surface area contributed by atoms with Crippen LogP contribution in [0.2, 0.25) is 0 Å². The van der Waals surface area contributed by atoms with Crippen LogP contribution in [0.15, 0.2) is 29.8 Å². The lowest BCUT2D eigenvalue weighted by Gasteiger charge is -2.46. The topological polar surface area (TPSA) is 97.5 Å². The van der Waals surface area contributed by atoms with Crippen molar-refractivity contribution < 1.29 is 19.1 Å². The molecule has 1 fully saturated rings. The summed E-state index contributed by atoms with van der Waals surface area (Å²) < 4.78 is 10.4. The number of benzene rings is 1. The Balaban J connectivity index is 2.40. The van der Waals surface area contributed by atoms with Gasteiger partial charge in [0.15, 0.2) is 0 Å². The number of hydrogen-bond acceptors (Lipinski definition) is 7. The van der Waals surface area contributed by atoms with Crippen molar-refractivity contribution in [1.82, 2.24) is 4.90 Å². The van der Waals surface area contributed by atoms with Gasteiger partial charge in [-0.3, -0.25) is 9.89 Å². The molecule has 2 atom stereocenters. The summed E-state index contributed by atoms with van der Waals surface area (Å²) in [6, 6.07) is 3.09. The third kappa shape index (κ3) is 4.93. The standard InChI is InChI=1S/C22H32N4O4/c1-8-15-13-25(12-14(2)26(15)21(28)30-22(3,4)5)18-10-9-16(20(27)29-7)19(23)17(18)11-24-6/h8-11,14-15H,1,12-13,23H2,2-7H3/t14-,15-/m0/s1. The van der Waals surface area contributed by atoms with Crippen molar-refractivity contribution >= 4 is 29.7 Å². The van der Waals surface area contributed by atoms with Crippen molar-refractivity contribution in [3.63, 3.8) is 0 Å². The zero-order valence-corrected chi connectivity index (χ0v) is 18.6. The molecule has 1 heterocycles. The first-order chi connectivity index (χ1) is 14.0. The Hall–Kier alpha value is -3.03. The quantitative estimate of drug-likeness (QED) is 0.351. The zero-order valence-electron chi connectivity index (χ0n) is 18.6. The first kappa shape index (κ1) is 23.3. The van der Waals surface area contributed by atoms with E-state index < -0.39 is 11.6 Å². The van der Waals surface area contributed by atoms with E-state index in [2.05, 4.69) is 16.5 Å². The third-order valence-corrected chi connectivity index (χ3v) is 4.87. The number of carbonyl (C=O) groups excluding carboxylic acids is 2. The highest BCUT2D eigenvalue weighted by Gasteiger charge is 2.37. The second kappa shape index (κ2) is 9.19. The second-order valence-corrected chi connectivity index (χ2v) is 8.28. The number of carbonyl (C=O) groups is 2. The van der Waals surface area contributed by atoms with Crippen LogP contribution in [0.3, 0.4) is 0 Å². The van der Waals surface area contributed by atoms with Crippen LogP contribution in [0.5, 0.6) is 0 Å². The lowest BCUT2D eigenvalue weighted by Crippen LogP contribution is -2.60. The van der Waals surface area contributed by atoms with Crippen LogP contribution in [-0.4, -0.2) is 68.1 Å². The minimum atomic E-state index is -0.581. The molecule has 1 saturated heterocycles. The summed E-state index contributed by atoms with van der Waals surface area (Å²) in [7, 11) is 2.96. The molecule has 0 aromatic heterocycles. The molecule has 0 radical (unpaired) electrons. The van der Waals surface area contributed by atoms with Crippen molar-refractivity contribution in [2.24, 2.45) is 4.99 Å². The molecule has 30 heavy (non-hydrogen) atoms. The predicted molar refractivity (Wildman–Crippen MR) is 119 cm³/mol. The highest BCUT2D eigenvalue weighted by Crippen LogP contribution is 2.32. The Labute approximate surface area is 178 Å². The number of nitrogen functional groups attached to an aromatic ring is 1. The maximum atomic E-state index is 12.8. The number of anilines is 2. The Bertz CT molecular complexity index is 844. The van der Waals surface area contributed by atoms with Gasteiger partial charge < -0.3 is 20.1 Å². The van der Waals surface area contributed by atoms with Crippen molar-refractivity contribution in [1.29, 1.82) is 0 Å². The lowest BCUT2D eigenvalue weighted by atomic mass is 10.0. The molecule has 2 N–H and O–H groups in total. The highest BCUT2D eigenvalue weighted by molar-refractivity contribution is 6.04. The summed E-state index contributed by atoms with van der Waals surface area (Å²) in [5.41, 5.74) is 7.76. The van der Waals surface area contributed by atoms with Crippen molar-refractivity contribution in [2.75, 3.05) is 37.9 Å².